The van der Waals surface area contributed by atoms with Gasteiger partial charge in [-0.1, -0.05) is 0 Å². The van der Waals surface area contributed by atoms with Crippen molar-refractivity contribution >= 4 is 11.5 Å². The van der Waals surface area contributed by atoms with E-state index in [4.69, 9.17) is 4.74 Å². The molecule has 0 spiro atoms. The van der Waals surface area contributed by atoms with E-state index in [1.54, 1.807) is 13.0 Å². The third kappa shape index (κ3) is 2.61. The highest BCUT2D eigenvalue weighted by Crippen LogP contribution is 2.27. The number of nitrogens with zero attached hydrogens (tertiary/aromatic N) is 1. The van der Waals surface area contributed by atoms with Crippen LogP contribution in [-0.2, 0) is 4.79 Å². The Hall–Kier alpha value is -1.91. The lowest BCUT2D eigenvalue weighted by Crippen LogP contribution is -2.12. The number of Topliss-reactive ketones (excluding diaryl/α,β-unsaturated/α-hetero) is 1. The molecule has 1 aromatic carbocycles. The molecule has 1 unspecified atom stereocenters. The van der Waals surface area contributed by atoms with Crippen LogP contribution in [0.1, 0.15) is 24.8 Å². The van der Waals surface area contributed by atoms with Gasteiger partial charge >= 0.3 is 0 Å². The number of hydrogen-bond donors (Lipinski definition) is 0. The molecule has 0 radical (unpaired) electrons. The van der Waals surface area contributed by atoms with E-state index in [-0.39, 0.29) is 17.6 Å². The largest absolute Gasteiger partial charge is 0.490 e. The summed E-state index contributed by atoms with van der Waals surface area (Å²) in [4.78, 5) is 21.2. The van der Waals surface area contributed by atoms with Gasteiger partial charge in [-0.25, -0.2) is 0 Å². The number of carbonyl (C=O) groups excluding carboxylic acids is 1. The number of benzene rings is 1. The average molecular weight is 235 g/mol. The van der Waals surface area contributed by atoms with Crippen molar-refractivity contribution < 1.29 is 14.5 Å². The highest BCUT2D eigenvalue weighted by atomic mass is 16.6. The number of nitro groups is 1. The van der Waals surface area contributed by atoms with Crippen LogP contribution in [0.4, 0.5) is 5.69 Å². The number of ketones is 1. The number of aryl methyl sites for hydroxylation is 1. The van der Waals surface area contributed by atoms with Gasteiger partial charge in [0.25, 0.3) is 5.69 Å². The molecule has 0 heterocycles. The minimum absolute atomic E-state index is 0.0531. The Morgan fingerprint density at radius 2 is 2.24 bits per heavy atom. The molecular formula is C12H13NO4. The quantitative estimate of drug-likeness (QED) is 0.595. The van der Waals surface area contributed by atoms with Crippen molar-refractivity contribution in [1.82, 2.24) is 0 Å². The van der Waals surface area contributed by atoms with Gasteiger partial charge in [-0.2, -0.15) is 0 Å². The molecule has 5 nitrogen and oxygen atoms in total. The molecule has 0 N–H and O–H groups in total. The summed E-state index contributed by atoms with van der Waals surface area (Å²) in [5.74, 6) is 0.838. The minimum Gasteiger partial charge on any atom is -0.490 e. The van der Waals surface area contributed by atoms with Crippen LogP contribution in [0, 0.1) is 17.0 Å². The van der Waals surface area contributed by atoms with E-state index >= 15 is 0 Å². The van der Waals surface area contributed by atoms with E-state index in [1.165, 1.54) is 12.1 Å². The molecule has 1 aliphatic carbocycles. The first-order valence-electron chi connectivity index (χ1n) is 5.49. The van der Waals surface area contributed by atoms with Crippen molar-refractivity contribution in [3.63, 3.8) is 0 Å². The summed E-state index contributed by atoms with van der Waals surface area (Å²) in [5, 5.41) is 10.6. The fraction of sp³-hybridized carbons (Fsp3) is 0.417. The Morgan fingerprint density at radius 3 is 2.76 bits per heavy atom. The number of non-ortho nitro benzene ring substituents is 1. The first-order valence-corrected chi connectivity index (χ1v) is 5.49. The average Bonchev–Trinajstić information content (AvgIpc) is 2.67. The van der Waals surface area contributed by atoms with Gasteiger partial charge in [-0.3, -0.25) is 14.9 Å². The molecule has 0 aliphatic heterocycles. The molecular weight excluding hydrogens is 222 g/mol. The van der Waals surface area contributed by atoms with Crippen LogP contribution in [0.2, 0.25) is 0 Å². The monoisotopic (exact) mass is 235 g/mol. The Kier molecular flexibility index (Phi) is 3.08. The Morgan fingerprint density at radius 1 is 1.47 bits per heavy atom. The third-order valence-electron chi connectivity index (χ3n) is 2.86. The molecule has 1 atom stereocenters. The van der Waals surface area contributed by atoms with Crippen LogP contribution in [0.5, 0.6) is 5.75 Å². The topological polar surface area (TPSA) is 69.4 Å². The van der Waals surface area contributed by atoms with Gasteiger partial charge in [0.1, 0.15) is 17.6 Å². The van der Waals surface area contributed by atoms with Crippen molar-refractivity contribution in [3.8, 4) is 5.75 Å². The van der Waals surface area contributed by atoms with Crippen LogP contribution in [-0.4, -0.2) is 16.8 Å². The Labute approximate surface area is 98.5 Å². The highest BCUT2D eigenvalue weighted by molar-refractivity contribution is 5.81. The van der Waals surface area contributed by atoms with E-state index in [0.29, 0.717) is 18.6 Å². The van der Waals surface area contributed by atoms with E-state index < -0.39 is 4.92 Å². The fourth-order valence-corrected chi connectivity index (χ4v) is 1.94. The lowest BCUT2D eigenvalue weighted by Gasteiger charge is -2.14. The number of carbonyl (C=O) groups is 1. The van der Waals surface area contributed by atoms with Crippen molar-refractivity contribution in [3.05, 3.63) is 33.9 Å². The van der Waals surface area contributed by atoms with Gasteiger partial charge in [0.2, 0.25) is 0 Å². The minimum atomic E-state index is -0.435. The molecule has 1 aromatic rings. The van der Waals surface area contributed by atoms with E-state index in [0.717, 1.165) is 12.0 Å². The zero-order chi connectivity index (χ0) is 12.4. The maximum absolute atomic E-state index is 11.1. The van der Waals surface area contributed by atoms with Crippen LogP contribution in [0.3, 0.4) is 0 Å². The van der Waals surface area contributed by atoms with E-state index in [9.17, 15) is 14.9 Å². The zero-order valence-corrected chi connectivity index (χ0v) is 9.51. The lowest BCUT2D eigenvalue weighted by molar-refractivity contribution is -0.384. The lowest BCUT2D eigenvalue weighted by atomic mass is 10.2. The van der Waals surface area contributed by atoms with Gasteiger partial charge in [0, 0.05) is 25.0 Å². The molecule has 1 fully saturated rings. The van der Waals surface area contributed by atoms with Gasteiger partial charge in [0.05, 0.1) is 4.92 Å². The number of hydrogen-bond acceptors (Lipinski definition) is 4. The number of nitro benzene ring substituents is 1. The molecule has 1 saturated carbocycles. The smallest absolute Gasteiger partial charge is 0.269 e. The number of rotatable bonds is 3. The summed E-state index contributed by atoms with van der Waals surface area (Å²) in [6.07, 6.45) is 1.66. The Bertz CT molecular complexity index is 470. The highest BCUT2D eigenvalue weighted by Gasteiger charge is 2.24. The second kappa shape index (κ2) is 4.53. The second-order valence-corrected chi connectivity index (χ2v) is 4.23. The molecule has 17 heavy (non-hydrogen) atoms. The molecule has 0 amide bonds. The van der Waals surface area contributed by atoms with E-state index in [1.807, 2.05) is 0 Å². The summed E-state index contributed by atoms with van der Waals surface area (Å²) >= 11 is 0. The second-order valence-electron chi connectivity index (χ2n) is 4.23. The SMILES string of the molecule is Cc1cc([N+](=O)[O-])ccc1OC1CCC(=O)C1. The molecule has 0 bridgehead atoms. The molecule has 90 valence electrons. The summed E-state index contributed by atoms with van der Waals surface area (Å²) in [7, 11) is 0. The van der Waals surface area contributed by atoms with Gasteiger partial charge in [-0.15, -0.1) is 0 Å². The van der Waals surface area contributed by atoms with Gasteiger partial charge in [-0.05, 0) is 25.0 Å². The van der Waals surface area contributed by atoms with Crippen LogP contribution >= 0.6 is 0 Å². The van der Waals surface area contributed by atoms with Crippen molar-refractivity contribution in [1.29, 1.82) is 0 Å². The first-order chi connectivity index (χ1) is 8.06. The summed E-state index contributed by atoms with van der Waals surface area (Å²) in [6, 6.07) is 4.49. The normalized spacial score (nSPS) is 19.4. The zero-order valence-electron chi connectivity index (χ0n) is 9.51. The molecule has 2 rings (SSSR count). The molecule has 0 saturated heterocycles. The first kappa shape index (κ1) is 11.6. The van der Waals surface area contributed by atoms with Crippen molar-refractivity contribution in [2.75, 3.05) is 0 Å². The van der Waals surface area contributed by atoms with Gasteiger partial charge in [0.15, 0.2) is 0 Å². The number of ether oxygens (including phenoxy) is 1. The summed E-state index contributed by atoms with van der Waals surface area (Å²) < 4.78 is 5.67. The fourth-order valence-electron chi connectivity index (χ4n) is 1.94. The van der Waals surface area contributed by atoms with Crippen molar-refractivity contribution in [2.45, 2.75) is 32.3 Å². The predicted octanol–water partition coefficient (Wildman–Crippen LogP) is 2.40. The third-order valence-corrected chi connectivity index (χ3v) is 2.86. The van der Waals surface area contributed by atoms with E-state index in [2.05, 4.69) is 0 Å². The maximum atomic E-state index is 11.1. The Balaban J connectivity index is 2.11. The van der Waals surface area contributed by atoms with Crippen LogP contribution in [0.25, 0.3) is 0 Å². The van der Waals surface area contributed by atoms with Crippen LogP contribution < -0.4 is 4.74 Å². The molecule has 5 heteroatoms. The standard InChI is InChI=1S/C12H13NO4/c1-8-6-9(13(15)16)2-5-12(8)17-11-4-3-10(14)7-11/h2,5-6,11H,3-4,7H2,1H3. The van der Waals surface area contributed by atoms with Gasteiger partial charge < -0.3 is 4.74 Å². The van der Waals surface area contributed by atoms with Crippen LogP contribution in [0.15, 0.2) is 18.2 Å². The summed E-state index contributed by atoms with van der Waals surface area (Å²) in [5.41, 5.74) is 0.774. The molecule has 0 aromatic heterocycles. The maximum Gasteiger partial charge on any atom is 0.269 e. The summed E-state index contributed by atoms with van der Waals surface area (Å²) in [6.45, 7) is 1.76. The predicted molar refractivity (Wildman–Crippen MR) is 61.1 cm³/mol. The van der Waals surface area contributed by atoms with Crippen molar-refractivity contribution in [2.24, 2.45) is 0 Å². The molecule has 1 aliphatic rings.